The Morgan fingerprint density at radius 1 is 1.14 bits per heavy atom. The molecule has 2 aliphatic rings. The average molecular weight is 507 g/mol. The fraction of sp³-hybridized carbons (Fsp3) is 0.517. The largest absolute Gasteiger partial charge is 0.393 e. The minimum atomic E-state index is -0.382. The van der Waals surface area contributed by atoms with E-state index in [4.69, 9.17) is 0 Å². The van der Waals surface area contributed by atoms with Crippen LogP contribution in [0.4, 0.5) is 10.2 Å². The number of hydrogen-bond acceptors (Lipinski definition) is 5. The molecule has 2 heterocycles. The van der Waals surface area contributed by atoms with Crippen LogP contribution in [0.3, 0.4) is 0 Å². The molecule has 2 fully saturated rings. The van der Waals surface area contributed by atoms with Crippen LogP contribution in [-0.4, -0.2) is 37.4 Å². The second-order valence-electron chi connectivity index (χ2n) is 11.2. The number of anilines is 1. The first-order valence-electron chi connectivity index (χ1n) is 13.3. The van der Waals surface area contributed by atoms with E-state index in [1.165, 1.54) is 6.07 Å². The van der Waals surface area contributed by atoms with Gasteiger partial charge in [-0.15, -0.1) is 0 Å². The number of imidazole rings is 1. The van der Waals surface area contributed by atoms with Crippen LogP contribution in [0, 0.1) is 30.5 Å². The number of halogens is 1. The van der Waals surface area contributed by atoms with Gasteiger partial charge in [-0.3, -0.25) is 9.59 Å². The maximum Gasteiger partial charge on any atom is 0.228 e. The predicted molar refractivity (Wildman–Crippen MR) is 140 cm³/mol. The predicted octanol–water partition coefficient (Wildman–Crippen LogP) is 5.60. The van der Waals surface area contributed by atoms with E-state index in [1.807, 2.05) is 31.4 Å². The Morgan fingerprint density at radius 3 is 2.65 bits per heavy atom. The van der Waals surface area contributed by atoms with Gasteiger partial charge in [0.15, 0.2) is 5.82 Å². The number of rotatable bonds is 7. The summed E-state index contributed by atoms with van der Waals surface area (Å²) < 4.78 is 16.9. The van der Waals surface area contributed by atoms with Gasteiger partial charge in [0.2, 0.25) is 5.91 Å². The van der Waals surface area contributed by atoms with Gasteiger partial charge in [-0.25, -0.2) is 14.4 Å². The SMILES string of the molecule is Cc1cnc(NC(=O)[C@H]2CCC[C@@H](CC(=O)C3CC(O)C3)C2)cc1-c1cc(F)c2ncn(C(C)C)c2c1. The van der Waals surface area contributed by atoms with E-state index in [0.29, 0.717) is 42.6 Å². The first kappa shape index (κ1) is 25.5. The van der Waals surface area contributed by atoms with Crippen LogP contribution in [0.25, 0.3) is 22.2 Å². The number of benzene rings is 1. The Kier molecular flexibility index (Phi) is 7.12. The molecule has 0 radical (unpaired) electrons. The first-order valence-corrected chi connectivity index (χ1v) is 13.3. The Hall–Kier alpha value is -3.13. The van der Waals surface area contributed by atoms with Gasteiger partial charge in [-0.1, -0.05) is 6.42 Å². The smallest absolute Gasteiger partial charge is 0.228 e. The van der Waals surface area contributed by atoms with Crippen molar-refractivity contribution in [1.29, 1.82) is 0 Å². The molecule has 0 bridgehead atoms. The fourth-order valence-corrected chi connectivity index (χ4v) is 5.81. The Labute approximate surface area is 216 Å². The first-order chi connectivity index (χ1) is 17.7. The maximum absolute atomic E-state index is 14.9. The molecule has 196 valence electrons. The molecule has 1 aromatic carbocycles. The number of carbonyl (C=O) groups is 2. The molecule has 8 heteroatoms. The molecule has 0 aliphatic heterocycles. The van der Waals surface area contributed by atoms with Crippen molar-refractivity contribution < 1.29 is 19.1 Å². The van der Waals surface area contributed by atoms with Crippen LogP contribution < -0.4 is 5.32 Å². The lowest BCUT2D eigenvalue weighted by Gasteiger charge is -2.33. The normalized spacial score (nSPS) is 23.7. The highest BCUT2D eigenvalue weighted by atomic mass is 19.1. The van der Waals surface area contributed by atoms with E-state index in [9.17, 15) is 19.1 Å². The van der Waals surface area contributed by atoms with Crippen LogP contribution in [-0.2, 0) is 9.59 Å². The number of amides is 1. The molecule has 3 aromatic rings. The lowest BCUT2D eigenvalue weighted by Crippen LogP contribution is -2.36. The molecule has 2 saturated carbocycles. The third kappa shape index (κ3) is 5.30. The minimum Gasteiger partial charge on any atom is -0.393 e. The second kappa shape index (κ2) is 10.3. The summed E-state index contributed by atoms with van der Waals surface area (Å²) >= 11 is 0. The van der Waals surface area contributed by atoms with Crippen LogP contribution in [0.1, 0.15) is 70.4 Å². The van der Waals surface area contributed by atoms with E-state index in [0.717, 1.165) is 35.9 Å². The van der Waals surface area contributed by atoms with Crippen LogP contribution >= 0.6 is 0 Å². The van der Waals surface area contributed by atoms with Gasteiger partial charge < -0.3 is 15.0 Å². The van der Waals surface area contributed by atoms with E-state index in [2.05, 4.69) is 15.3 Å². The quantitative estimate of drug-likeness (QED) is 0.435. The fourth-order valence-electron chi connectivity index (χ4n) is 5.81. The number of aromatic nitrogens is 3. The third-order valence-electron chi connectivity index (χ3n) is 8.07. The molecular weight excluding hydrogens is 471 g/mol. The van der Waals surface area contributed by atoms with Crippen molar-refractivity contribution in [3.63, 3.8) is 0 Å². The molecule has 0 saturated heterocycles. The molecule has 2 N–H and O–H groups in total. The van der Waals surface area contributed by atoms with Gasteiger partial charge in [-0.2, -0.15) is 0 Å². The van der Waals surface area contributed by atoms with E-state index in [1.54, 1.807) is 18.6 Å². The molecule has 7 nitrogen and oxygen atoms in total. The number of Topliss-reactive ketones (excluding diaryl/α,β-unsaturated/α-hetero) is 1. The number of carbonyl (C=O) groups excluding carboxylic acids is 2. The molecule has 1 amide bonds. The van der Waals surface area contributed by atoms with Crippen molar-refractivity contribution in [2.75, 3.05) is 5.32 Å². The number of aliphatic hydroxyl groups is 1. The third-order valence-corrected chi connectivity index (χ3v) is 8.07. The zero-order chi connectivity index (χ0) is 26.3. The van der Waals surface area contributed by atoms with Gasteiger partial charge in [-0.05, 0) is 93.7 Å². The zero-order valence-electron chi connectivity index (χ0n) is 21.7. The topological polar surface area (TPSA) is 97.1 Å². The molecule has 2 aliphatic carbocycles. The van der Waals surface area contributed by atoms with Crippen molar-refractivity contribution in [3.05, 3.63) is 42.1 Å². The highest BCUT2D eigenvalue weighted by molar-refractivity contribution is 5.93. The summed E-state index contributed by atoms with van der Waals surface area (Å²) in [7, 11) is 0. The van der Waals surface area contributed by atoms with Crippen molar-refractivity contribution >= 4 is 28.5 Å². The van der Waals surface area contributed by atoms with Crippen molar-refractivity contribution in [3.8, 4) is 11.1 Å². The van der Waals surface area contributed by atoms with Gasteiger partial charge in [0.1, 0.15) is 17.1 Å². The molecule has 2 aromatic heterocycles. The number of nitrogens with one attached hydrogen (secondary N) is 1. The molecule has 37 heavy (non-hydrogen) atoms. The van der Waals surface area contributed by atoms with Crippen LogP contribution in [0.5, 0.6) is 0 Å². The lowest BCUT2D eigenvalue weighted by molar-refractivity contribution is -0.131. The maximum atomic E-state index is 14.9. The monoisotopic (exact) mass is 506 g/mol. The summed E-state index contributed by atoms with van der Waals surface area (Å²) in [6.45, 7) is 5.97. The number of fused-ring (bicyclic) bond motifs is 1. The second-order valence-corrected chi connectivity index (χ2v) is 11.2. The van der Waals surface area contributed by atoms with Gasteiger partial charge in [0, 0.05) is 30.5 Å². The summed E-state index contributed by atoms with van der Waals surface area (Å²) in [5.41, 5.74) is 3.46. The van der Waals surface area contributed by atoms with Gasteiger partial charge in [0.05, 0.1) is 17.9 Å². The molecule has 2 atom stereocenters. The van der Waals surface area contributed by atoms with E-state index in [-0.39, 0.29) is 47.4 Å². The standard InChI is InChI=1S/C29H35FN4O3/c1-16(2)34-15-32-28-24(30)11-20(12-25(28)34)23-13-27(31-14-17(23)3)33-29(37)19-6-4-5-18(7-19)8-26(36)21-9-22(35)10-21/h11-16,18-19,21-22,35H,4-10H2,1-3H3,(H,31,33,37)/t18-,19+,21?,22?/m1/s1. The summed E-state index contributed by atoms with van der Waals surface area (Å²) in [4.78, 5) is 34.3. The number of nitrogens with zero attached hydrogens (tertiary/aromatic N) is 3. The van der Waals surface area contributed by atoms with Crippen molar-refractivity contribution in [1.82, 2.24) is 14.5 Å². The highest BCUT2D eigenvalue weighted by Gasteiger charge is 2.35. The van der Waals surface area contributed by atoms with Crippen LogP contribution in [0.2, 0.25) is 0 Å². The molecule has 0 spiro atoms. The summed E-state index contributed by atoms with van der Waals surface area (Å²) in [6.07, 6.45) is 8.02. The molecule has 5 rings (SSSR count). The van der Waals surface area contributed by atoms with E-state index >= 15 is 0 Å². The minimum absolute atomic E-state index is 0.0115. The number of hydrogen-bond donors (Lipinski definition) is 2. The lowest BCUT2D eigenvalue weighted by atomic mass is 9.73. The average Bonchev–Trinajstić information content (AvgIpc) is 3.28. The van der Waals surface area contributed by atoms with Crippen molar-refractivity contribution in [2.45, 2.75) is 77.9 Å². The zero-order valence-corrected chi connectivity index (χ0v) is 21.7. The number of aryl methyl sites for hydroxylation is 1. The van der Waals surface area contributed by atoms with Gasteiger partial charge >= 0.3 is 0 Å². The highest BCUT2D eigenvalue weighted by Crippen LogP contribution is 2.36. The van der Waals surface area contributed by atoms with Crippen molar-refractivity contribution in [2.24, 2.45) is 17.8 Å². The number of aliphatic hydroxyl groups excluding tert-OH is 1. The van der Waals surface area contributed by atoms with Crippen LogP contribution in [0.15, 0.2) is 30.7 Å². The summed E-state index contributed by atoms with van der Waals surface area (Å²) in [5.74, 6) is 0.221. The number of ketones is 1. The van der Waals surface area contributed by atoms with E-state index < -0.39 is 0 Å². The Morgan fingerprint density at radius 2 is 1.92 bits per heavy atom. The Bertz CT molecular complexity index is 1330. The summed E-state index contributed by atoms with van der Waals surface area (Å²) in [6, 6.07) is 5.36. The molecular formula is C29H35FN4O3. The Balaban J connectivity index is 1.30. The summed E-state index contributed by atoms with van der Waals surface area (Å²) in [5, 5.41) is 12.5. The molecule has 0 unspecified atom stereocenters. The van der Waals surface area contributed by atoms with Gasteiger partial charge in [0.25, 0.3) is 0 Å². The number of pyridine rings is 1.